The summed E-state index contributed by atoms with van der Waals surface area (Å²) >= 11 is 0. The van der Waals surface area contributed by atoms with Crippen molar-refractivity contribution in [2.75, 3.05) is 13.1 Å². The average Bonchev–Trinajstić information content (AvgIpc) is 3.18. The molecule has 32 heavy (non-hydrogen) atoms. The van der Waals surface area contributed by atoms with Crippen LogP contribution in [-0.4, -0.2) is 39.6 Å². The number of amides is 2. The van der Waals surface area contributed by atoms with Gasteiger partial charge in [-0.15, -0.1) is 0 Å². The fraction of sp³-hybridized carbons (Fsp3) is 0.320. The molecule has 0 bridgehead atoms. The van der Waals surface area contributed by atoms with E-state index in [2.05, 4.69) is 10.4 Å². The van der Waals surface area contributed by atoms with Gasteiger partial charge >= 0.3 is 0 Å². The van der Waals surface area contributed by atoms with Crippen molar-refractivity contribution in [3.63, 3.8) is 0 Å². The molecule has 0 fully saturated rings. The molecule has 1 aliphatic rings. The van der Waals surface area contributed by atoms with E-state index in [-0.39, 0.29) is 17.6 Å². The second-order valence-electron chi connectivity index (χ2n) is 8.19. The molecule has 1 aliphatic heterocycles. The van der Waals surface area contributed by atoms with Crippen LogP contribution in [0.15, 0.2) is 60.8 Å². The third kappa shape index (κ3) is 5.22. The highest BCUT2D eigenvalue weighted by molar-refractivity contribution is 5.86. The Morgan fingerprint density at radius 1 is 1.06 bits per heavy atom. The highest BCUT2D eigenvalue weighted by Gasteiger charge is 2.34. The van der Waals surface area contributed by atoms with Crippen molar-refractivity contribution in [2.45, 2.75) is 31.7 Å². The van der Waals surface area contributed by atoms with Crippen molar-refractivity contribution in [1.29, 1.82) is 0 Å². The predicted octanol–water partition coefficient (Wildman–Crippen LogP) is 2.98. The van der Waals surface area contributed by atoms with Gasteiger partial charge in [0.15, 0.2) is 0 Å². The molecular formula is C25H27FN4O2. The topological polar surface area (TPSA) is 67.2 Å². The molecule has 7 heteroatoms. The molecule has 0 radical (unpaired) electrons. The van der Waals surface area contributed by atoms with Crippen LogP contribution in [0.3, 0.4) is 0 Å². The summed E-state index contributed by atoms with van der Waals surface area (Å²) in [5, 5.41) is 7.46. The number of carbonyl (C=O) groups is 2. The van der Waals surface area contributed by atoms with Crippen LogP contribution in [-0.2, 0) is 36.0 Å². The van der Waals surface area contributed by atoms with Gasteiger partial charge in [0.25, 0.3) is 0 Å². The highest BCUT2D eigenvalue weighted by atomic mass is 19.1. The predicted molar refractivity (Wildman–Crippen MR) is 119 cm³/mol. The van der Waals surface area contributed by atoms with Crippen molar-refractivity contribution in [3.8, 4) is 0 Å². The lowest BCUT2D eigenvalue weighted by Gasteiger charge is -2.31. The van der Waals surface area contributed by atoms with E-state index in [1.807, 2.05) is 43.6 Å². The van der Waals surface area contributed by atoms with Crippen LogP contribution in [0.2, 0.25) is 0 Å². The summed E-state index contributed by atoms with van der Waals surface area (Å²) in [6.45, 7) is 1.22. The Morgan fingerprint density at radius 2 is 1.78 bits per heavy atom. The van der Waals surface area contributed by atoms with Gasteiger partial charge in [0.2, 0.25) is 11.8 Å². The zero-order valence-corrected chi connectivity index (χ0v) is 18.1. The molecule has 2 heterocycles. The molecule has 2 aromatic carbocycles. The van der Waals surface area contributed by atoms with E-state index in [4.69, 9.17) is 0 Å². The molecule has 0 saturated heterocycles. The largest absolute Gasteiger partial charge is 0.355 e. The summed E-state index contributed by atoms with van der Waals surface area (Å²) in [4.78, 5) is 27.7. The van der Waals surface area contributed by atoms with Crippen molar-refractivity contribution in [3.05, 3.63) is 89.0 Å². The van der Waals surface area contributed by atoms with E-state index in [1.54, 1.807) is 21.7 Å². The van der Waals surface area contributed by atoms with Gasteiger partial charge in [-0.1, -0.05) is 42.5 Å². The van der Waals surface area contributed by atoms with E-state index < -0.39 is 5.92 Å². The molecule has 0 spiro atoms. The van der Waals surface area contributed by atoms with E-state index in [0.717, 1.165) is 22.4 Å². The standard InChI is InChI=1S/C25H27FN4O2/c1-29-15-20-16-30(23(31)12-9-18-5-3-2-4-6-18)17-22(24(20)28-29)25(32)27-14-13-19-7-10-21(26)11-8-19/h2-8,10-11,15,22H,9,12-14,16-17H2,1H3,(H,27,32)/t22-/m0/s1. The molecule has 1 N–H and O–H groups in total. The first kappa shape index (κ1) is 21.7. The van der Waals surface area contributed by atoms with Crippen LogP contribution in [0.4, 0.5) is 4.39 Å². The van der Waals surface area contributed by atoms with E-state index in [9.17, 15) is 14.0 Å². The minimum absolute atomic E-state index is 0.0347. The molecule has 1 atom stereocenters. The van der Waals surface area contributed by atoms with Crippen LogP contribution >= 0.6 is 0 Å². The summed E-state index contributed by atoms with van der Waals surface area (Å²) in [6.07, 6.45) is 3.56. The Hall–Kier alpha value is -3.48. The number of rotatable bonds is 7. The van der Waals surface area contributed by atoms with Gasteiger partial charge in [-0.2, -0.15) is 5.10 Å². The number of benzene rings is 2. The minimum atomic E-state index is -0.506. The minimum Gasteiger partial charge on any atom is -0.355 e. The third-order valence-electron chi connectivity index (χ3n) is 5.80. The molecule has 166 valence electrons. The summed E-state index contributed by atoms with van der Waals surface area (Å²) in [5.41, 5.74) is 3.71. The molecular weight excluding hydrogens is 407 g/mol. The highest BCUT2D eigenvalue weighted by Crippen LogP contribution is 2.28. The Balaban J connectivity index is 1.39. The Labute approximate surface area is 187 Å². The number of hydrogen-bond acceptors (Lipinski definition) is 3. The maximum absolute atomic E-state index is 13.1. The lowest BCUT2D eigenvalue weighted by molar-refractivity contribution is -0.133. The molecule has 0 unspecified atom stereocenters. The first-order valence-corrected chi connectivity index (χ1v) is 10.9. The number of carbonyl (C=O) groups excluding carboxylic acids is 2. The lowest BCUT2D eigenvalue weighted by Crippen LogP contribution is -2.44. The number of nitrogens with one attached hydrogen (secondary N) is 1. The van der Waals surface area contributed by atoms with Gasteiger partial charge < -0.3 is 10.2 Å². The van der Waals surface area contributed by atoms with Crippen LogP contribution in [0, 0.1) is 5.82 Å². The Kier molecular flexibility index (Phi) is 6.63. The molecule has 3 aromatic rings. The van der Waals surface area contributed by atoms with Gasteiger partial charge in [0, 0.05) is 44.9 Å². The Bertz CT molecular complexity index is 1080. The monoisotopic (exact) mass is 434 g/mol. The van der Waals surface area contributed by atoms with Crippen molar-refractivity contribution >= 4 is 11.8 Å². The van der Waals surface area contributed by atoms with E-state index in [1.165, 1.54) is 12.1 Å². The zero-order valence-electron chi connectivity index (χ0n) is 18.1. The Morgan fingerprint density at radius 3 is 2.53 bits per heavy atom. The van der Waals surface area contributed by atoms with Crippen molar-refractivity contribution < 1.29 is 14.0 Å². The number of aryl methyl sites for hydroxylation is 2. The SMILES string of the molecule is Cn1cc2c(n1)[C@@H](C(=O)NCCc1ccc(F)cc1)CN(C(=O)CCc1ccccc1)C2. The first-order valence-electron chi connectivity index (χ1n) is 10.9. The zero-order chi connectivity index (χ0) is 22.5. The fourth-order valence-electron chi connectivity index (χ4n) is 4.10. The molecule has 2 amide bonds. The second-order valence-corrected chi connectivity index (χ2v) is 8.19. The summed E-state index contributed by atoms with van der Waals surface area (Å²) in [7, 11) is 1.82. The maximum Gasteiger partial charge on any atom is 0.231 e. The average molecular weight is 435 g/mol. The van der Waals surface area contributed by atoms with Gasteiger partial charge in [0.1, 0.15) is 5.82 Å². The normalized spacial score (nSPS) is 15.3. The van der Waals surface area contributed by atoms with Gasteiger partial charge in [-0.3, -0.25) is 14.3 Å². The third-order valence-corrected chi connectivity index (χ3v) is 5.80. The summed E-state index contributed by atoms with van der Waals surface area (Å²) < 4.78 is 14.8. The quantitative estimate of drug-likeness (QED) is 0.622. The number of fused-ring (bicyclic) bond motifs is 1. The van der Waals surface area contributed by atoms with Crippen LogP contribution in [0.5, 0.6) is 0 Å². The maximum atomic E-state index is 13.1. The fourth-order valence-corrected chi connectivity index (χ4v) is 4.10. The van der Waals surface area contributed by atoms with Gasteiger partial charge in [0.05, 0.1) is 11.6 Å². The molecule has 1 aromatic heterocycles. The number of aromatic nitrogens is 2. The second kappa shape index (κ2) is 9.77. The van der Waals surface area contributed by atoms with Crippen LogP contribution in [0.1, 0.15) is 34.7 Å². The lowest BCUT2D eigenvalue weighted by atomic mass is 9.95. The molecule has 6 nitrogen and oxygen atoms in total. The molecule has 0 aliphatic carbocycles. The number of halogens is 1. The van der Waals surface area contributed by atoms with Crippen molar-refractivity contribution in [2.24, 2.45) is 7.05 Å². The van der Waals surface area contributed by atoms with Gasteiger partial charge in [-0.05, 0) is 36.1 Å². The summed E-state index contributed by atoms with van der Waals surface area (Å²) in [5.74, 6) is -0.895. The first-order chi connectivity index (χ1) is 15.5. The van der Waals surface area contributed by atoms with Crippen molar-refractivity contribution in [1.82, 2.24) is 20.0 Å². The number of hydrogen-bond donors (Lipinski definition) is 1. The van der Waals surface area contributed by atoms with Gasteiger partial charge in [-0.25, -0.2) is 4.39 Å². The molecule has 4 rings (SSSR count). The number of nitrogens with zero attached hydrogens (tertiary/aromatic N) is 3. The van der Waals surface area contributed by atoms with Crippen LogP contribution < -0.4 is 5.32 Å². The van der Waals surface area contributed by atoms with E-state index >= 15 is 0 Å². The smallest absolute Gasteiger partial charge is 0.231 e. The van der Waals surface area contributed by atoms with E-state index in [0.29, 0.717) is 38.9 Å². The molecule has 0 saturated carbocycles. The summed E-state index contributed by atoms with van der Waals surface area (Å²) in [6, 6.07) is 16.2. The van der Waals surface area contributed by atoms with Crippen LogP contribution in [0.25, 0.3) is 0 Å².